The van der Waals surface area contributed by atoms with Crippen molar-refractivity contribution >= 4 is 11.9 Å². The summed E-state index contributed by atoms with van der Waals surface area (Å²) in [4.78, 5) is 14.4. The number of fused-ring (bicyclic) bond motifs is 1. The van der Waals surface area contributed by atoms with E-state index in [1.807, 2.05) is 49.3 Å². The molecular weight excluding hydrogens is 278 g/mol. The summed E-state index contributed by atoms with van der Waals surface area (Å²) >= 11 is 0. The number of benzene rings is 2. The molecule has 22 heavy (non-hydrogen) atoms. The van der Waals surface area contributed by atoms with Gasteiger partial charge < -0.3 is 14.7 Å². The first-order chi connectivity index (χ1) is 10.6. The Labute approximate surface area is 129 Å². The Morgan fingerprint density at radius 3 is 2.55 bits per heavy atom. The van der Waals surface area contributed by atoms with Crippen molar-refractivity contribution in [3.63, 3.8) is 0 Å². The zero-order valence-electron chi connectivity index (χ0n) is 12.5. The molecule has 1 aliphatic heterocycles. The number of aromatic hydroxyl groups is 1. The van der Waals surface area contributed by atoms with Crippen LogP contribution in [0.15, 0.2) is 48.2 Å². The summed E-state index contributed by atoms with van der Waals surface area (Å²) in [5, 5.41) is 10.0. The minimum absolute atomic E-state index is 0.140. The van der Waals surface area contributed by atoms with Crippen LogP contribution >= 0.6 is 0 Å². The van der Waals surface area contributed by atoms with Gasteiger partial charge in [-0.3, -0.25) is 4.79 Å². The normalized spacial score (nSPS) is 15.2. The van der Waals surface area contributed by atoms with Gasteiger partial charge in [-0.25, -0.2) is 0 Å². The largest absolute Gasteiger partial charge is 0.507 e. The molecule has 0 amide bonds. The first kappa shape index (κ1) is 14.4. The van der Waals surface area contributed by atoms with Gasteiger partial charge in [-0.05, 0) is 37.9 Å². The number of ketones is 1. The van der Waals surface area contributed by atoms with Gasteiger partial charge in [-0.1, -0.05) is 30.3 Å². The first-order valence-electron chi connectivity index (χ1n) is 7.05. The van der Waals surface area contributed by atoms with Crippen molar-refractivity contribution in [1.82, 2.24) is 4.90 Å². The minimum Gasteiger partial charge on any atom is -0.507 e. The predicted molar refractivity (Wildman–Crippen MR) is 84.9 cm³/mol. The standard InChI is InChI=1S/C18H17NO3/c1-19(2)11-14-15(20)9-8-13-17(21)16(22-18(13)14)10-12-6-4-3-5-7-12/h3-10,20H,11H2,1-2H3/b16-10-. The summed E-state index contributed by atoms with van der Waals surface area (Å²) in [6.07, 6.45) is 1.72. The number of carbonyl (C=O) groups is 1. The molecule has 1 N–H and O–H groups in total. The lowest BCUT2D eigenvalue weighted by Crippen LogP contribution is -2.11. The molecule has 2 aromatic carbocycles. The number of hydrogen-bond acceptors (Lipinski definition) is 4. The third-order valence-electron chi connectivity index (χ3n) is 3.49. The van der Waals surface area contributed by atoms with Crippen LogP contribution in [0.3, 0.4) is 0 Å². The maximum absolute atomic E-state index is 12.5. The molecule has 0 unspecified atom stereocenters. The summed E-state index contributed by atoms with van der Waals surface area (Å²) in [6, 6.07) is 12.7. The van der Waals surface area contributed by atoms with E-state index >= 15 is 0 Å². The van der Waals surface area contributed by atoms with Crippen LogP contribution in [0.1, 0.15) is 21.5 Å². The van der Waals surface area contributed by atoms with Crippen LogP contribution in [0.25, 0.3) is 6.08 Å². The smallest absolute Gasteiger partial charge is 0.231 e. The molecule has 0 atom stereocenters. The Bertz CT molecular complexity index is 748. The number of nitrogens with zero attached hydrogens (tertiary/aromatic N) is 1. The molecule has 3 rings (SSSR count). The molecule has 1 aliphatic rings. The van der Waals surface area contributed by atoms with Gasteiger partial charge in [-0.15, -0.1) is 0 Å². The predicted octanol–water partition coefficient (Wildman–Crippen LogP) is 3.07. The van der Waals surface area contributed by atoms with Crippen LogP contribution in [0.5, 0.6) is 11.5 Å². The number of Topliss-reactive ketones (excluding diaryl/α,β-unsaturated/α-hetero) is 1. The second kappa shape index (κ2) is 5.66. The zero-order chi connectivity index (χ0) is 15.7. The molecule has 0 bridgehead atoms. The fourth-order valence-corrected chi connectivity index (χ4v) is 2.47. The van der Waals surface area contributed by atoms with Crippen molar-refractivity contribution in [2.45, 2.75) is 6.54 Å². The molecule has 0 fully saturated rings. The highest BCUT2D eigenvalue weighted by Gasteiger charge is 2.31. The fourth-order valence-electron chi connectivity index (χ4n) is 2.47. The second-order valence-corrected chi connectivity index (χ2v) is 5.53. The number of ether oxygens (including phenoxy) is 1. The van der Waals surface area contributed by atoms with E-state index in [4.69, 9.17) is 4.74 Å². The molecule has 0 aromatic heterocycles. The lowest BCUT2D eigenvalue weighted by molar-refractivity contribution is 0.101. The maximum atomic E-state index is 12.5. The zero-order valence-corrected chi connectivity index (χ0v) is 12.5. The van der Waals surface area contributed by atoms with Gasteiger partial charge in [0, 0.05) is 6.54 Å². The topological polar surface area (TPSA) is 49.8 Å². The Balaban J connectivity index is 2.02. The molecule has 1 heterocycles. The summed E-state index contributed by atoms with van der Waals surface area (Å²) in [6.45, 7) is 0.501. The SMILES string of the molecule is CN(C)Cc1c(O)ccc2c1O/C(=C\c1ccccc1)C2=O. The summed E-state index contributed by atoms with van der Waals surface area (Å²) in [7, 11) is 3.80. The van der Waals surface area contributed by atoms with E-state index in [0.29, 0.717) is 23.4 Å². The van der Waals surface area contributed by atoms with Crippen molar-refractivity contribution in [3.8, 4) is 11.5 Å². The highest BCUT2D eigenvalue weighted by atomic mass is 16.5. The Morgan fingerprint density at radius 2 is 1.86 bits per heavy atom. The quantitative estimate of drug-likeness (QED) is 0.884. The van der Waals surface area contributed by atoms with E-state index in [0.717, 1.165) is 5.56 Å². The van der Waals surface area contributed by atoms with Crippen LogP contribution in [0, 0.1) is 0 Å². The average molecular weight is 295 g/mol. The molecule has 112 valence electrons. The monoisotopic (exact) mass is 295 g/mol. The molecule has 4 heteroatoms. The van der Waals surface area contributed by atoms with E-state index in [-0.39, 0.29) is 17.3 Å². The summed E-state index contributed by atoms with van der Waals surface area (Å²) < 4.78 is 5.76. The number of rotatable bonds is 3. The first-order valence-corrected chi connectivity index (χ1v) is 7.05. The van der Waals surface area contributed by atoms with Crippen LogP contribution < -0.4 is 4.74 Å². The second-order valence-electron chi connectivity index (χ2n) is 5.53. The Morgan fingerprint density at radius 1 is 1.14 bits per heavy atom. The average Bonchev–Trinajstić information content (AvgIpc) is 2.80. The number of carbonyl (C=O) groups excluding carboxylic acids is 1. The molecule has 0 saturated carbocycles. The van der Waals surface area contributed by atoms with Crippen LogP contribution in [-0.4, -0.2) is 29.9 Å². The van der Waals surface area contributed by atoms with Gasteiger partial charge in [0.25, 0.3) is 0 Å². The van der Waals surface area contributed by atoms with Gasteiger partial charge in [-0.2, -0.15) is 0 Å². The lowest BCUT2D eigenvalue weighted by atomic mass is 10.0. The molecule has 2 aromatic rings. The van der Waals surface area contributed by atoms with E-state index in [2.05, 4.69) is 0 Å². The van der Waals surface area contributed by atoms with Crippen LogP contribution in [0.4, 0.5) is 0 Å². The van der Waals surface area contributed by atoms with E-state index < -0.39 is 0 Å². The van der Waals surface area contributed by atoms with Crippen LogP contribution in [-0.2, 0) is 6.54 Å². The van der Waals surface area contributed by atoms with E-state index in [1.54, 1.807) is 18.2 Å². The number of hydrogen-bond donors (Lipinski definition) is 1. The molecule has 0 saturated heterocycles. The van der Waals surface area contributed by atoms with Gasteiger partial charge >= 0.3 is 0 Å². The highest BCUT2D eigenvalue weighted by Crippen LogP contribution is 2.39. The molecular formula is C18H17NO3. The van der Waals surface area contributed by atoms with Crippen molar-refractivity contribution in [2.24, 2.45) is 0 Å². The lowest BCUT2D eigenvalue weighted by Gasteiger charge is -2.13. The number of phenolic OH excluding ortho intramolecular Hbond substituents is 1. The number of phenols is 1. The molecule has 0 radical (unpaired) electrons. The summed E-state index contributed by atoms with van der Waals surface area (Å²) in [5.41, 5.74) is 2.03. The third-order valence-corrected chi connectivity index (χ3v) is 3.49. The summed E-state index contributed by atoms with van der Waals surface area (Å²) in [5.74, 6) is 0.729. The van der Waals surface area contributed by atoms with Crippen molar-refractivity contribution in [2.75, 3.05) is 14.1 Å². The maximum Gasteiger partial charge on any atom is 0.231 e. The van der Waals surface area contributed by atoms with Crippen molar-refractivity contribution in [1.29, 1.82) is 0 Å². The fraction of sp³-hybridized carbons (Fsp3) is 0.167. The molecule has 4 nitrogen and oxygen atoms in total. The highest BCUT2D eigenvalue weighted by molar-refractivity contribution is 6.14. The van der Waals surface area contributed by atoms with E-state index in [9.17, 15) is 9.90 Å². The molecule has 0 spiro atoms. The Hall–Kier alpha value is -2.59. The molecule has 0 aliphatic carbocycles. The van der Waals surface area contributed by atoms with Gasteiger partial charge in [0.05, 0.1) is 11.1 Å². The third kappa shape index (κ3) is 2.61. The number of allylic oxidation sites excluding steroid dienone is 1. The van der Waals surface area contributed by atoms with Crippen molar-refractivity contribution in [3.05, 3.63) is 64.9 Å². The van der Waals surface area contributed by atoms with Gasteiger partial charge in [0.2, 0.25) is 5.78 Å². The van der Waals surface area contributed by atoms with Crippen LogP contribution in [0.2, 0.25) is 0 Å². The van der Waals surface area contributed by atoms with Gasteiger partial charge in [0.1, 0.15) is 11.5 Å². The Kier molecular flexibility index (Phi) is 3.69. The minimum atomic E-state index is -0.154. The van der Waals surface area contributed by atoms with E-state index in [1.165, 1.54) is 0 Å². The van der Waals surface area contributed by atoms with Gasteiger partial charge in [0.15, 0.2) is 5.76 Å². The van der Waals surface area contributed by atoms with Crippen molar-refractivity contribution < 1.29 is 14.6 Å².